The molecule has 7 heteroatoms. The van der Waals surface area contributed by atoms with E-state index < -0.39 is 6.04 Å². The predicted molar refractivity (Wildman–Crippen MR) is 80.7 cm³/mol. The van der Waals surface area contributed by atoms with E-state index in [1.54, 1.807) is 4.68 Å². The molecule has 3 rings (SSSR count). The minimum absolute atomic E-state index is 0.148. The van der Waals surface area contributed by atoms with Gasteiger partial charge in [0.15, 0.2) is 0 Å². The molecule has 1 aromatic carbocycles. The van der Waals surface area contributed by atoms with Gasteiger partial charge < -0.3 is 11.1 Å². The van der Waals surface area contributed by atoms with Gasteiger partial charge in [-0.15, -0.1) is 0 Å². The molecule has 0 radical (unpaired) electrons. The maximum atomic E-state index is 12.3. The largest absolute Gasteiger partial charge is 0.382 e. The van der Waals surface area contributed by atoms with Crippen molar-refractivity contribution in [1.82, 2.24) is 19.5 Å². The third-order valence-electron chi connectivity index (χ3n) is 3.41. The topological polar surface area (TPSA) is 76.2 Å². The highest BCUT2D eigenvalue weighted by atomic mass is 35.5. The molecule has 1 aliphatic heterocycles. The van der Waals surface area contributed by atoms with Crippen molar-refractivity contribution >= 4 is 28.6 Å². The fourth-order valence-corrected chi connectivity index (χ4v) is 2.55. The van der Waals surface area contributed by atoms with E-state index in [0.29, 0.717) is 5.70 Å². The van der Waals surface area contributed by atoms with E-state index >= 15 is 0 Å². The number of hydrogen-bond acceptors (Lipinski definition) is 4. The number of amides is 1. The third-order valence-corrected chi connectivity index (χ3v) is 3.76. The van der Waals surface area contributed by atoms with Crippen LogP contribution in [0.15, 0.2) is 48.6 Å². The average molecular weight is 304 g/mol. The lowest BCUT2D eigenvalue weighted by molar-refractivity contribution is -0.128. The molecule has 2 heterocycles. The van der Waals surface area contributed by atoms with Crippen LogP contribution in [0.5, 0.6) is 0 Å². The quantitative estimate of drug-likeness (QED) is 0.825. The summed E-state index contributed by atoms with van der Waals surface area (Å²) in [5.74, 6) is -0.182. The lowest BCUT2D eigenvalue weighted by atomic mass is 10.0. The SMILES string of the molecule is C=CC1=C(N)N(Cl)C(=O)C(c2ccc3nn(C)cc3c2)N1. The van der Waals surface area contributed by atoms with Gasteiger partial charge in [0, 0.05) is 30.4 Å². The second-order valence-corrected chi connectivity index (χ2v) is 5.16. The summed E-state index contributed by atoms with van der Waals surface area (Å²) in [7, 11) is 1.85. The molecule has 6 nitrogen and oxygen atoms in total. The Kier molecular flexibility index (Phi) is 3.10. The monoisotopic (exact) mass is 303 g/mol. The molecule has 1 atom stereocenters. The van der Waals surface area contributed by atoms with Crippen LogP contribution in [0.1, 0.15) is 11.6 Å². The summed E-state index contributed by atoms with van der Waals surface area (Å²) in [6.45, 7) is 3.67. The van der Waals surface area contributed by atoms with Crippen molar-refractivity contribution in [3.05, 3.63) is 54.1 Å². The number of aryl methyl sites for hydroxylation is 1. The Morgan fingerprint density at radius 2 is 2.29 bits per heavy atom. The first kappa shape index (κ1) is 13.5. The van der Waals surface area contributed by atoms with Crippen LogP contribution in [0.2, 0.25) is 0 Å². The van der Waals surface area contributed by atoms with Gasteiger partial charge in [-0.3, -0.25) is 9.48 Å². The van der Waals surface area contributed by atoms with E-state index in [2.05, 4.69) is 17.0 Å². The highest BCUT2D eigenvalue weighted by Crippen LogP contribution is 2.27. The summed E-state index contributed by atoms with van der Waals surface area (Å²) in [5.41, 5.74) is 7.95. The van der Waals surface area contributed by atoms with Crippen LogP contribution < -0.4 is 11.1 Å². The number of aromatic nitrogens is 2. The number of rotatable bonds is 2. The molecule has 0 spiro atoms. The van der Waals surface area contributed by atoms with E-state index in [1.165, 1.54) is 6.08 Å². The number of nitrogens with one attached hydrogen (secondary N) is 1. The molecule has 0 aliphatic carbocycles. The van der Waals surface area contributed by atoms with Crippen LogP contribution in [0.3, 0.4) is 0 Å². The molecule has 0 saturated carbocycles. The van der Waals surface area contributed by atoms with E-state index in [-0.39, 0.29) is 11.7 Å². The number of halogens is 1. The Balaban J connectivity index is 2.05. The zero-order valence-corrected chi connectivity index (χ0v) is 12.1. The molecule has 108 valence electrons. The molecular formula is C14H14ClN5O. The Morgan fingerprint density at radius 1 is 1.52 bits per heavy atom. The lowest BCUT2D eigenvalue weighted by Gasteiger charge is -2.30. The van der Waals surface area contributed by atoms with Crippen LogP contribution in [0.25, 0.3) is 10.9 Å². The number of carbonyl (C=O) groups excluding carboxylic acids is 1. The number of nitrogens with two attached hydrogens (primary N) is 1. The van der Waals surface area contributed by atoms with Gasteiger partial charge in [-0.1, -0.05) is 12.6 Å². The molecule has 2 aromatic rings. The predicted octanol–water partition coefficient (Wildman–Crippen LogP) is 1.51. The van der Waals surface area contributed by atoms with E-state index in [9.17, 15) is 4.79 Å². The van der Waals surface area contributed by atoms with Gasteiger partial charge >= 0.3 is 0 Å². The number of fused-ring (bicyclic) bond motifs is 1. The number of allylic oxidation sites excluding steroid dienone is 1. The molecule has 0 bridgehead atoms. The third kappa shape index (κ3) is 2.13. The number of carbonyl (C=O) groups is 1. The minimum atomic E-state index is -0.604. The zero-order valence-electron chi connectivity index (χ0n) is 11.4. The fourth-order valence-electron chi connectivity index (χ4n) is 2.37. The molecule has 0 saturated heterocycles. The van der Waals surface area contributed by atoms with E-state index in [0.717, 1.165) is 20.9 Å². The standard InChI is InChI=1S/C14H14ClN5O/c1-3-10-13(16)20(15)14(21)12(17-10)8-4-5-11-9(6-8)7-19(2)18-11/h3-7,12,17H,1,16H2,2H3. The average Bonchev–Trinajstić information content (AvgIpc) is 2.84. The van der Waals surface area contributed by atoms with Crippen LogP contribution in [-0.2, 0) is 11.8 Å². The Morgan fingerprint density at radius 3 is 3.00 bits per heavy atom. The van der Waals surface area contributed by atoms with Gasteiger partial charge in [-0.25, -0.2) is 4.42 Å². The van der Waals surface area contributed by atoms with Gasteiger partial charge in [0.1, 0.15) is 11.9 Å². The number of nitrogens with zero attached hydrogens (tertiary/aromatic N) is 3. The Hall–Kier alpha value is -2.47. The van der Waals surface area contributed by atoms with Gasteiger partial charge in [0.25, 0.3) is 5.91 Å². The Bertz CT molecular complexity index is 779. The molecular weight excluding hydrogens is 290 g/mol. The van der Waals surface area contributed by atoms with Crippen molar-refractivity contribution in [2.45, 2.75) is 6.04 Å². The van der Waals surface area contributed by atoms with Crippen molar-refractivity contribution in [3.63, 3.8) is 0 Å². The van der Waals surface area contributed by atoms with E-state index in [4.69, 9.17) is 17.5 Å². The van der Waals surface area contributed by atoms with Gasteiger partial charge in [0.2, 0.25) is 0 Å². The first-order valence-corrected chi connectivity index (χ1v) is 6.67. The fraction of sp³-hybridized carbons (Fsp3) is 0.143. The molecule has 1 unspecified atom stereocenters. The van der Waals surface area contributed by atoms with Crippen molar-refractivity contribution in [3.8, 4) is 0 Å². The second kappa shape index (κ2) is 4.82. The molecule has 21 heavy (non-hydrogen) atoms. The van der Waals surface area contributed by atoms with Crippen molar-refractivity contribution in [1.29, 1.82) is 0 Å². The number of benzene rings is 1. The lowest BCUT2D eigenvalue weighted by Crippen LogP contribution is -2.44. The summed E-state index contributed by atoms with van der Waals surface area (Å²) < 4.78 is 2.65. The first-order valence-electron chi connectivity index (χ1n) is 6.33. The smallest absolute Gasteiger partial charge is 0.270 e. The second-order valence-electron chi connectivity index (χ2n) is 4.82. The van der Waals surface area contributed by atoms with Crippen LogP contribution in [0.4, 0.5) is 0 Å². The van der Waals surface area contributed by atoms with Crippen LogP contribution in [0, 0.1) is 0 Å². The number of hydrogen-bond donors (Lipinski definition) is 2. The highest BCUT2D eigenvalue weighted by Gasteiger charge is 2.32. The molecule has 3 N–H and O–H groups in total. The van der Waals surface area contributed by atoms with Gasteiger partial charge in [-0.05, 0) is 23.8 Å². The Labute approximate surface area is 126 Å². The summed E-state index contributed by atoms with van der Waals surface area (Å²) >= 11 is 5.95. The molecule has 1 amide bonds. The minimum Gasteiger partial charge on any atom is -0.382 e. The first-order chi connectivity index (χ1) is 10.0. The molecule has 1 aromatic heterocycles. The van der Waals surface area contributed by atoms with Gasteiger partial charge in [-0.2, -0.15) is 5.10 Å². The van der Waals surface area contributed by atoms with Crippen LogP contribution >= 0.6 is 11.8 Å². The zero-order chi connectivity index (χ0) is 15.1. The summed E-state index contributed by atoms with van der Waals surface area (Å²) in [6.07, 6.45) is 3.43. The van der Waals surface area contributed by atoms with Crippen molar-refractivity contribution in [2.75, 3.05) is 0 Å². The maximum absolute atomic E-state index is 12.3. The highest BCUT2D eigenvalue weighted by molar-refractivity contribution is 6.23. The summed E-state index contributed by atoms with van der Waals surface area (Å²) in [5, 5.41) is 8.31. The van der Waals surface area contributed by atoms with Crippen molar-refractivity contribution in [2.24, 2.45) is 12.8 Å². The molecule has 1 aliphatic rings. The van der Waals surface area contributed by atoms with Gasteiger partial charge in [0.05, 0.1) is 11.2 Å². The summed E-state index contributed by atoms with van der Waals surface area (Å²) in [6, 6.07) is 5.02. The van der Waals surface area contributed by atoms with Crippen molar-refractivity contribution < 1.29 is 4.79 Å². The molecule has 0 fully saturated rings. The summed E-state index contributed by atoms with van der Waals surface area (Å²) in [4.78, 5) is 12.3. The maximum Gasteiger partial charge on any atom is 0.270 e. The van der Waals surface area contributed by atoms with E-state index in [1.807, 2.05) is 31.4 Å². The van der Waals surface area contributed by atoms with Crippen LogP contribution in [-0.4, -0.2) is 20.1 Å². The normalized spacial score (nSPS) is 19.0.